The molecule has 2 aromatic heterocycles. The van der Waals surface area contributed by atoms with Gasteiger partial charge >= 0.3 is 0 Å². The van der Waals surface area contributed by atoms with E-state index in [1.54, 1.807) is 12.4 Å². The quantitative estimate of drug-likeness (QED) is 0.541. The fourth-order valence-corrected chi connectivity index (χ4v) is 2.97. The number of nitrogens with zero attached hydrogens (tertiary/aromatic N) is 4. The highest BCUT2D eigenvalue weighted by molar-refractivity contribution is 6.36. The molecule has 23 heavy (non-hydrogen) atoms. The number of hydrogen-bond acceptors (Lipinski definition) is 4. The normalized spacial score (nSPS) is 11.3. The van der Waals surface area contributed by atoms with E-state index < -0.39 is 0 Å². The minimum Gasteiger partial charge on any atom is -0.345 e. The average molecular weight is 344 g/mol. The molecule has 4 aromatic rings. The molecule has 2 heterocycles. The van der Waals surface area contributed by atoms with Crippen LogP contribution in [-0.4, -0.2) is 27.0 Å². The second-order valence-electron chi connectivity index (χ2n) is 5.12. The average Bonchev–Trinajstić information content (AvgIpc) is 3.02. The molecule has 7 heteroatoms. The first-order chi connectivity index (χ1) is 11.1. The molecule has 0 aliphatic heterocycles. The summed E-state index contributed by atoms with van der Waals surface area (Å²) >= 11 is 12.3. The molecular formula is C16H11Cl2N5. The van der Waals surface area contributed by atoms with Crippen LogP contribution in [0.1, 0.15) is 0 Å². The number of nitrogens with one attached hydrogen (secondary N) is 1. The van der Waals surface area contributed by atoms with E-state index in [2.05, 4.69) is 19.9 Å². The molecule has 5 nitrogen and oxygen atoms in total. The van der Waals surface area contributed by atoms with Gasteiger partial charge in [-0.25, -0.2) is 9.97 Å². The van der Waals surface area contributed by atoms with Gasteiger partial charge in [0.15, 0.2) is 0 Å². The van der Waals surface area contributed by atoms with Crippen LogP contribution >= 0.6 is 23.2 Å². The molecule has 0 amide bonds. The van der Waals surface area contributed by atoms with Gasteiger partial charge in [-0.2, -0.15) is 4.98 Å². The zero-order valence-corrected chi connectivity index (χ0v) is 13.6. The Kier molecular flexibility index (Phi) is 3.32. The third kappa shape index (κ3) is 2.38. The summed E-state index contributed by atoms with van der Waals surface area (Å²) in [6, 6.07) is 11.5. The first-order valence-electron chi connectivity index (χ1n) is 6.92. The van der Waals surface area contributed by atoms with Crippen molar-refractivity contribution in [1.29, 1.82) is 0 Å². The minimum absolute atomic E-state index is 0.162. The van der Waals surface area contributed by atoms with Gasteiger partial charge in [-0.1, -0.05) is 17.7 Å². The number of H-pyrrole nitrogens is 1. The van der Waals surface area contributed by atoms with Gasteiger partial charge in [-0.15, -0.1) is 0 Å². The molecule has 0 aliphatic carbocycles. The van der Waals surface area contributed by atoms with E-state index in [0.29, 0.717) is 16.4 Å². The lowest BCUT2D eigenvalue weighted by molar-refractivity contribution is 1.11. The Morgan fingerprint density at radius 3 is 2.83 bits per heavy atom. The maximum atomic E-state index is 6.23. The largest absolute Gasteiger partial charge is 0.345 e. The van der Waals surface area contributed by atoms with Gasteiger partial charge < -0.3 is 9.88 Å². The topological polar surface area (TPSA) is 57.7 Å². The molecule has 0 atom stereocenters. The molecule has 1 N–H and O–H groups in total. The number of rotatable bonds is 2. The Morgan fingerprint density at radius 1 is 1.09 bits per heavy atom. The molecule has 0 saturated carbocycles. The van der Waals surface area contributed by atoms with Crippen molar-refractivity contribution in [2.75, 3.05) is 11.9 Å². The predicted octanol–water partition coefficient (Wildman–Crippen LogP) is 4.58. The molecule has 0 saturated heterocycles. The van der Waals surface area contributed by atoms with Crippen LogP contribution in [0.15, 0.2) is 42.7 Å². The SMILES string of the molecule is CN(c1ccc2nc[nH]c2c1)c1nc(Cl)nc2c(Cl)cccc12. The standard InChI is InChI=1S/C16H11Cl2N5/c1-23(9-5-6-12-13(7-9)20-8-19-12)15-10-3-2-4-11(17)14(10)21-16(18)22-15/h2-8H,1H3,(H,19,20). The van der Waals surface area contributed by atoms with E-state index in [0.717, 1.165) is 22.1 Å². The Bertz CT molecular complexity index is 1030. The van der Waals surface area contributed by atoms with Crippen molar-refractivity contribution in [3.8, 4) is 0 Å². The van der Waals surface area contributed by atoms with Crippen LogP contribution in [0.5, 0.6) is 0 Å². The van der Waals surface area contributed by atoms with Crippen molar-refractivity contribution in [3.05, 3.63) is 53.0 Å². The van der Waals surface area contributed by atoms with Crippen LogP contribution in [0.2, 0.25) is 10.3 Å². The highest BCUT2D eigenvalue weighted by Crippen LogP contribution is 2.33. The highest BCUT2D eigenvalue weighted by Gasteiger charge is 2.14. The van der Waals surface area contributed by atoms with Crippen LogP contribution in [0.3, 0.4) is 0 Å². The van der Waals surface area contributed by atoms with Crippen molar-refractivity contribution < 1.29 is 0 Å². The fraction of sp³-hybridized carbons (Fsp3) is 0.0625. The fourth-order valence-electron chi connectivity index (χ4n) is 2.58. The number of imidazole rings is 1. The van der Waals surface area contributed by atoms with Crippen LogP contribution in [0.25, 0.3) is 21.9 Å². The number of fused-ring (bicyclic) bond motifs is 2. The summed E-state index contributed by atoms with van der Waals surface area (Å²) in [6.07, 6.45) is 1.67. The molecule has 0 fully saturated rings. The molecule has 0 aliphatic rings. The van der Waals surface area contributed by atoms with Gasteiger partial charge in [0, 0.05) is 18.1 Å². The molecule has 0 unspecified atom stereocenters. The Hall–Kier alpha value is -2.37. The van der Waals surface area contributed by atoms with Crippen molar-refractivity contribution in [2.45, 2.75) is 0 Å². The van der Waals surface area contributed by atoms with Crippen LogP contribution in [0.4, 0.5) is 11.5 Å². The number of para-hydroxylation sites is 1. The van der Waals surface area contributed by atoms with Gasteiger partial charge in [-0.05, 0) is 41.9 Å². The van der Waals surface area contributed by atoms with Gasteiger partial charge in [0.2, 0.25) is 5.28 Å². The Labute approximate surface area is 141 Å². The summed E-state index contributed by atoms with van der Waals surface area (Å²) < 4.78 is 0. The summed E-state index contributed by atoms with van der Waals surface area (Å²) in [6.45, 7) is 0. The van der Waals surface area contributed by atoms with E-state index in [-0.39, 0.29) is 5.28 Å². The maximum Gasteiger partial charge on any atom is 0.224 e. The van der Waals surface area contributed by atoms with Crippen molar-refractivity contribution in [1.82, 2.24) is 19.9 Å². The number of benzene rings is 2. The summed E-state index contributed by atoms with van der Waals surface area (Å²) in [7, 11) is 1.93. The minimum atomic E-state index is 0.162. The third-order valence-corrected chi connectivity index (χ3v) is 4.21. The molecule has 0 spiro atoms. The molecule has 4 rings (SSSR count). The van der Waals surface area contributed by atoms with E-state index in [4.69, 9.17) is 23.2 Å². The lowest BCUT2D eigenvalue weighted by Crippen LogP contribution is -2.12. The smallest absolute Gasteiger partial charge is 0.224 e. The second-order valence-corrected chi connectivity index (χ2v) is 5.86. The van der Waals surface area contributed by atoms with E-state index >= 15 is 0 Å². The first kappa shape index (κ1) is 14.2. The lowest BCUT2D eigenvalue weighted by Gasteiger charge is -2.20. The number of aromatic amines is 1. The Balaban J connectivity index is 1.92. The first-order valence-corrected chi connectivity index (χ1v) is 7.68. The number of anilines is 2. The molecular weight excluding hydrogens is 333 g/mol. The van der Waals surface area contributed by atoms with Gasteiger partial charge in [0.25, 0.3) is 0 Å². The lowest BCUT2D eigenvalue weighted by atomic mass is 10.2. The molecule has 2 aromatic carbocycles. The van der Waals surface area contributed by atoms with Crippen LogP contribution < -0.4 is 4.90 Å². The zero-order chi connectivity index (χ0) is 16.0. The van der Waals surface area contributed by atoms with Gasteiger partial charge in [0.05, 0.1) is 27.9 Å². The molecule has 114 valence electrons. The van der Waals surface area contributed by atoms with Crippen molar-refractivity contribution >= 4 is 56.6 Å². The van der Waals surface area contributed by atoms with Crippen molar-refractivity contribution in [3.63, 3.8) is 0 Å². The third-order valence-electron chi connectivity index (χ3n) is 3.74. The maximum absolute atomic E-state index is 6.23. The summed E-state index contributed by atoms with van der Waals surface area (Å²) in [5.74, 6) is 0.696. The number of aromatic nitrogens is 4. The monoisotopic (exact) mass is 343 g/mol. The number of hydrogen-bond donors (Lipinski definition) is 1. The van der Waals surface area contributed by atoms with E-state index in [1.165, 1.54) is 0 Å². The van der Waals surface area contributed by atoms with Crippen molar-refractivity contribution in [2.24, 2.45) is 0 Å². The highest BCUT2D eigenvalue weighted by atomic mass is 35.5. The molecule has 0 radical (unpaired) electrons. The molecule has 0 bridgehead atoms. The van der Waals surface area contributed by atoms with Gasteiger partial charge in [-0.3, -0.25) is 0 Å². The summed E-state index contributed by atoms with van der Waals surface area (Å²) in [5.41, 5.74) is 3.46. The van der Waals surface area contributed by atoms with Crippen LogP contribution in [0, 0.1) is 0 Å². The Morgan fingerprint density at radius 2 is 1.96 bits per heavy atom. The summed E-state index contributed by atoms with van der Waals surface area (Å²) in [5, 5.41) is 1.55. The van der Waals surface area contributed by atoms with Gasteiger partial charge in [0.1, 0.15) is 5.82 Å². The van der Waals surface area contributed by atoms with E-state index in [9.17, 15) is 0 Å². The van der Waals surface area contributed by atoms with Crippen LogP contribution in [-0.2, 0) is 0 Å². The zero-order valence-electron chi connectivity index (χ0n) is 12.1. The summed E-state index contributed by atoms with van der Waals surface area (Å²) in [4.78, 5) is 17.9. The second kappa shape index (κ2) is 5.37. The van der Waals surface area contributed by atoms with E-state index in [1.807, 2.05) is 42.3 Å². The number of halogens is 2. The predicted molar refractivity (Wildman–Crippen MR) is 93.7 cm³/mol.